The third-order valence-electron chi connectivity index (χ3n) is 4.74. The molecule has 1 saturated heterocycles. The van der Waals surface area contributed by atoms with E-state index < -0.39 is 10.0 Å². The summed E-state index contributed by atoms with van der Waals surface area (Å²) in [5.41, 5.74) is 2.99. The Labute approximate surface area is 156 Å². The number of ether oxygens (including phenoxy) is 1. The van der Waals surface area contributed by atoms with E-state index >= 15 is 0 Å². The number of hydrogen-bond donors (Lipinski definition) is 1. The maximum Gasteiger partial charge on any atom is 0.240 e. The van der Waals surface area contributed by atoms with Crippen molar-refractivity contribution in [3.8, 4) is 5.75 Å². The maximum atomic E-state index is 12.6. The number of aryl methyl sites for hydroxylation is 1. The summed E-state index contributed by atoms with van der Waals surface area (Å²) in [6, 6.07) is 13.0. The quantitative estimate of drug-likeness (QED) is 0.809. The summed E-state index contributed by atoms with van der Waals surface area (Å²) < 4.78 is 33.0. The van der Waals surface area contributed by atoms with E-state index in [1.54, 1.807) is 25.3 Å². The first-order chi connectivity index (χ1) is 12.5. The zero-order valence-corrected chi connectivity index (χ0v) is 16.2. The number of methoxy groups -OCH3 is 1. The standard InChI is InChI=1S/C20H26N2O3S/c1-16-12-19(8-9-20(16)25-2)26(23,24)21-14-17-6-5-7-18(13-17)15-22-10-3-4-11-22/h5-9,12-13,21H,3-4,10-11,14-15H2,1-2H3. The number of sulfonamides is 1. The van der Waals surface area contributed by atoms with Crippen LogP contribution in [0.4, 0.5) is 0 Å². The summed E-state index contributed by atoms with van der Waals surface area (Å²) >= 11 is 0. The highest BCUT2D eigenvalue weighted by Gasteiger charge is 2.16. The average Bonchev–Trinajstić information content (AvgIpc) is 3.13. The van der Waals surface area contributed by atoms with Gasteiger partial charge in [0.05, 0.1) is 12.0 Å². The first kappa shape index (κ1) is 18.9. The van der Waals surface area contributed by atoms with Gasteiger partial charge in [-0.25, -0.2) is 13.1 Å². The van der Waals surface area contributed by atoms with E-state index in [0.717, 1.165) is 30.8 Å². The minimum absolute atomic E-state index is 0.254. The van der Waals surface area contributed by atoms with Crippen molar-refractivity contribution in [1.29, 1.82) is 0 Å². The molecule has 1 N–H and O–H groups in total. The molecule has 0 aliphatic carbocycles. The van der Waals surface area contributed by atoms with Crippen LogP contribution < -0.4 is 9.46 Å². The summed E-state index contributed by atoms with van der Waals surface area (Å²) in [5.74, 6) is 0.679. The molecule has 26 heavy (non-hydrogen) atoms. The molecule has 1 aliphatic heterocycles. The third kappa shape index (κ3) is 4.63. The number of benzene rings is 2. The molecule has 0 spiro atoms. The van der Waals surface area contributed by atoms with Gasteiger partial charge in [-0.3, -0.25) is 4.90 Å². The van der Waals surface area contributed by atoms with E-state index in [0.29, 0.717) is 5.75 Å². The second kappa shape index (κ2) is 8.20. The van der Waals surface area contributed by atoms with E-state index in [4.69, 9.17) is 4.74 Å². The van der Waals surface area contributed by atoms with E-state index in [-0.39, 0.29) is 11.4 Å². The van der Waals surface area contributed by atoms with Crippen molar-refractivity contribution in [2.75, 3.05) is 20.2 Å². The Morgan fingerprint density at radius 3 is 2.50 bits per heavy atom. The van der Waals surface area contributed by atoms with Crippen molar-refractivity contribution in [3.05, 3.63) is 59.2 Å². The van der Waals surface area contributed by atoms with Crippen LogP contribution in [0.2, 0.25) is 0 Å². The van der Waals surface area contributed by atoms with Gasteiger partial charge in [0.15, 0.2) is 0 Å². The van der Waals surface area contributed by atoms with Gasteiger partial charge < -0.3 is 4.74 Å². The summed E-state index contributed by atoms with van der Waals surface area (Å²) in [5, 5.41) is 0. The highest BCUT2D eigenvalue weighted by molar-refractivity contribution is 7.89. The molecule has 0 saturated carbocycles. The molecule has 140 valence electrons. The number of hydrogen-bond acceptors (Lipinski definition) is 4. The minimum atomic E-state index is -3.56. The van der Waals surface area contributed by atoms with Gasteiger partial charge in [-0.05, 0) is 67.7 Å². The van der Waals surface area contributed by atoms with Crippen LogP contribution in [0.5, 0.6) is 5.75 Å². The summed E-state index contributed by atoms with van der Waals surface area (Å²) in [6.45, 7) is 5.33. The number of likely N-dealkylation sites (tertiary alicyclic amines) is 1. The molecular weight excluding hydrogens is 348 g/mol. The van der Waals surface area contributed by atoms with Gasteiger partial charge in [0.1, 0.15) is 5.75 Å². The van der Waals surface area contributed by atoms with Crippen LogP contribution in [0, 0.1) is 6.92 Å². The van der Waals surface area contributed by atoms with Crippen molar-refractivity contribution < 1.29 is 13.2 Å². The van der Waals surface area contributed by atoms with Crippen molar-refractivity contribution in [2.24, 2.45) is 0 Å². The predicted octanol–water partition coefficient (Wildman–Crippen LogP) is 3.08. The lowest BCUT2D eigenvalue weighted by atomic mass is 10.1. The summed E-state index contributed by atoms with van der Waals surface area (Å²) in [4.78, 5) is 2.69. The van der Waals surface area contributed by atoms with Crippen molar-refractivity contribution in [1.82, 2.24) is 9.62 Å². The fourth-order valence-electron chi connectivity index (χ4n) is 3.32. The van der Waals surface area contributed by atoms with Gasteiger partial charge in [-0.15, -0.1) is 0 Å². The largest absolute Gasteiger partial charge is 0.496 e. The predicted molar refractivity (Wildman–Crippen MR) is 103 cm³/mol. The van der Waals surface area contributed by atoms with Crippen LogP contribution in [0.15, 0.2) is 47.4 Å². The molecule has 1 aliphatic rings. The number of rotatable bonds is 7. The average molecular weight is 375 g/mol. The number of nitrogens with zero attached hydrogens (tertiary/aromatic N) is 1. The molecule has 3 rings (SSSR count). The highest BCUT2D eigenvalue weighted by atomic mass is 32.2. The van der Waals surface area contributed by atoms with Gasteiger partial charge >= 0.3 is 0 Å². The van der Waals surface area contributed by atoms with Crippen LogP contribution in [0.1, 0.15) is 29.5 Å². The van der Waals surface area contributed by atoms with Gasteiger partial charge in [0.25, 0.3) is 0 Å². The van der Waals surface area contributed by atoms with Crippen LogP contribution in [-0.4, -0.2) is 33.5 Å². The van der Waals surface area contributed by atoms with Gasteiger partial charge in [-0.2, -0.15) is 0 Å². The fraction of sp³-hybridized carbons (Fsp3) is 0.400. The van der Waals surface area contributed by atoms with Crippen molar-refractivity contribution in [3.63, 3.8) is 0 Å². The Morgan fingerprint density at radius 1 is 1.08 bits per heavy atom. The number of nitrogens with one attached hydrogen (secondary N) is 1. The van der Waals surface area contributed by atoms with E-state index in [1.165, 1.54) is 18.4 Å². The Balaban J connectivity index is 1.66. The minimum Gasteiger partial charge on any atom is -0.496 e. The highest BCUT2D eigenvalue weighted by Crippen LogP contribution is 2.21. The molecule has 6 heteroatoms. The van der Waals surface area contributed by atoms with Crippen LogP contribution in [0.3, 0.4) is 0 Å². The molecule has 0 aromatic heterocycles. The molecular formula is C20H26N2O3S. The first-order valence-electron chi connectivity index (χ1n) is 8.92. The lowest BCUT2D eigenvalue weighted by Crippen LogP contribution is -2.23. The van der Waals surface area contributed by atoms with E-state index in [1.807, 2.05) is 19.1 Å². The zero-order chi connectivity index (χ0) is 18.6. The Bertz CT molecular complexity index is 859. The first-order valence-corrected chi connectivity index (χ1v) is 10.4. The maximum absolute atomic E-state index is 12.6. The molecule has 0 bridgehead atoms. The topological polar surface area (TPSA) is 58.6 Å². The molecule has 2 aromatic carbocycles. The lowest BCUT2D eigenvalue weighted by molar-refractivity contribution is 0.331. The molecule has 1 heterocycles. The molecule has 0 atom stereocenters. The van der Waals surface area contributed by atoms with E-state index in [2.05, 4.69) is 21.8 Å². The normalized spacial score (nSPS) is 15.3. The summed E-state index contributed by atoms with van der Waals surface area (Å²) in [6.07, 6.45) is 2.53. The fourth-order valence-corrected chi connectivity index (χ4v) is 4.42. The lowest BCUT2D eigenvalue weighted by Gasteiger charge is -2.15. The SMILES string of the molecule is COc1ccc(S(=O)(=O)NCc2cccc(CN3CCCC3)c2)cc1C. The summed E-state index contributed by atoms with van der Waals surface area (Å²) in [7, 11) is -1.98. The smallest absolute Gasteiger partial charge is 0.240 e. The molecule has 2 aromatic rings. The molecule has 0 radical (unpaired) electrons. The van der Waals surface area contributed by atoms with Gasteiger partial charge in [0, 0.05) is 13.1 Å². The molecule has 0 amide bonds. The monoisotopic (exact) mass is 374 g/mol. The Kier molecular flexibility index (Phi) is 5.96. The Morgan fingerprint density at radius 2 is 1.81 bits per heavy atom. The zero-order valence-electron chi connectivity index (χ0n) is 15.4. The van der Waals surface area contributed by atoms with Gasteiger partial charge in [-0.1, -0.05) is 24.3 Å². The molecule has 1 fully saturated rings. The Hall–Kier alpha value is -1.89. The molecule has 5 nitrogen and oxygen atoms in total. The van der Waals surface area contributed by atoms with Crippen molar-refractivity contribution >= 4 is 10.0 Å². The third-order valence-corrected chi connectivity index (χ3v) is 6.14. The van der Waals surface area contributed by atoms with Gasteiger partial charge in [0.2, 0.25) is 10.0 Å². The molecule has 0 unspecified atom stereocenters. The van der Waals surface area contributed by atoms with Crippen molar-refractivity contribution in [2.45, 2.75) is 37.8 Å². The van der Waals surface area contributed by atoms with Crippen LogP contribution >= 0.6 is 0 Å². The van der Waals surface area contributed by atoms with Crippen LogP contribution in [0.25, 0.3) is 0 Å². The second-order valence-electron chi connectivity index (χ2n) is 6.76. The second-order valence-corrected chi connectivity index (χ2v) is 8.53. The van der Waals surface area contributed by atoms with Crippen LogP contribution in [-0.2, 0) is 23.1 Å². The van der Waals surface area contributed by atoms with E-state index in [9.17, 15) is 8.42 Å².